The molecule has 3 aromatic rings. The monoisotopic (exact) mass is 482 g/mol. The van der Waals surface area contributed by atoms with E-state index in [1.807, 2.05) is 48.5 Å². The zero-order valence-electron chi connectivity index (χ0n) is 20.3. The Labute approximate surface area is 210 Å². The van der Waals surface area contributed by atoms with Crippen molar-refractivity contribution in [3.8, 4) is 0 Å². The minimum Gasteiger partial charge on any atom is -0.511 e. The summed E-state index contributed by atoms with van der Waals surface area (Å²) < 4.78 is 5.38. The standard InChI is InChI=1S/C30H30N2O4/c33-25-12-7-13-28-30(25)23(32-36-28)14-15-26(34)29-24(31-17-16-20-8-3-1-4-9-20)18-22(19-27(29)35)21-10-5-2-6-11-21/h1-6,8-11,22,34H,7,12-19H2/b29-26+,31-24?. The van der Waals surface area contributed by atoms with Crippen molar-refractivity contribution in [2.75, 3.05) is 6.54 Å². The van der Waals surface area contributed by atoms with Gasteiger partial charge in [-0.05, 0) is 36.3 Å². The number of allylic oxidation sites excluding steroid dienone is 2. The van der Waals surface area contributed by atoms with E-state index in [1.54, 1.807) is 0 Å². The molecule has 2 aliphatic carbocycles. The molecule has 1 unspecified atom stereocenters. The predicted molar refractivity (Wildman–Crippen MR) is 138 cm³/mol. The molecule has 2 aromatic carbocycles. The van der Waals surface area contributed by atoms with Crippen LogP contribution < -0.4 is 0 Å². The molecule has 0 bridgehead atoms. The molecule has 1 N–H and O–H groups in total. The highest BCUT2D eigenvalue weighted by Gasteiger charge is 2.33. The molecule has 5 rings (SSSR count). The summed E-state index contributed by atoms with van der Waals surface area (Å²) >= 11 is 0. The highest BCUT2D eigenvalue weighted by atomic mass is 16.5. The van der Waals surface area contributed by atoms with Gasteiger partial charge in [-0.25, -0.2) is 0 Å². The molecule has 6 nitrogen and oxygen atoms in total. The van der Waals surface area contributed by atoms with E-state index in [1.165, 1.54) is 5.56 Å². The smallest absolute Gasteiger partial charge is 0.168 e. The highest BCUT2D eigenvalue weighted by Crippen LogP contribution is 2.34. The van der Waals surface area contributed by atoms with Crippen molar-refractivity contribution in [3.05, 3.63) is 100 Å². The van der Waals surface area contributed by atoms with E-state index in [0.29, 0.717) is 67.0 Å². The van der Waals surface area contributed by atoms with Gasteiger partial charge in [0.15, 0.2) is 11.6 Å². The van der Waals surface area contributed by atoms with Crippen LogP contribution in [0.3, 0.4) is 0 Å². The number of nitrogens with zero attached hydrogens (tertiary/aromatic N) is 2. The highest BCUT2D eigenvalue weighted by molar-refractivity contribution is 6.24. The summed E-state index contributed by atoms with van der Waals surface area (Å²) in [5.41, 5.74) is 4.40. The summed E-state index contributed by atoms with van der Waals surface area (Å²) in [6.07, 6.45) is 4.21. The number of aromatic nitrogens is 1. The Morgan fingerprint density at radius 3 is 2.47 bits per heavy atom. The van der Waals surface area contributed by atoms with Gasteiger partial charge in [0.1, 0.15) is 11.5 Å². The minimum atomic E-state index is -0.0932. The van der Waals surface area contributed by atoms with Gasteiger partial charge in [0.25, 0.3) is 0 Å². The number of hydrogen-bond donors (Lipinski definition) is 1. The molecule has 1 fully saturated rings. The summed E-state index contributed by atoms with van der Waals surface area (Å²) in [5, 5.41) is 15.2. The van der Waals surface area contributed by atoms with Crippen LogP contribution in [0.5, 0.6) is 0 Å². The van der Waals surface area contributed by atoms with E-state index in [0.717, 1.165) is 18.4 Å². The molecule has 1 heterocycles. The molecule has 2 aliphatic rings. The van der Waals surface area contributed by atoms with E-state index in [-0.39, 0.29) is 29.7 Å². The van der Waals surface area contributed by atoms with Crippen LogP contribution in [0.2, 0.25) is 0 Å². The van der Waals surface area contributed by atoms with Crippen LogP contribution in [0, 0.1) is 0 Å². The largest absolute Gasteiger partial charge is 0.511 e. The molecule has 184 valence electrons. The van der Waals surface area contributed by atoms with Crippen LogP contribution in [0.15, 0.2) is 81.5 Å². The average Bonchev–Trinajstić information content (AvgIpc) is 3.33. The summed E-state index contributed by atoms with van der Waals surface area (Å²) in [6, 6.07) is 20.1. The maximum absolute atomic E-state index is 13.3. The number of rotatable bonds is 7. The number of hydrogen-bond acceptors (Lipinski definition) is 6. The summed E-state index contributed by atoms with van der Waals surface area (Å²) in [6.45, 7) is 0.538. The Balaban J connectivity index is 1.38. The molecule has 0 spiro atoms. The van der Waals surface area contributed by atoms with Crippen LogP contribution in [-0.4, -0.2) is 34.1 Å². The number of carbonyl (C=O) groups excluding carboxylic acids is 2. The lowest BCUT2D eigenvalue weighted by atomic mass is 9.78. The van der Waals surface area contributed by atoms with Crippen molar-refractivity contribution in [1.29, 1.82) is 0 Å². The Kier molecular flexibility index (Phi) is 7.21. The molecule has 0 radical (unpaired) electrons. The fourth-order valence-corrected chi connectivity index (χ4v) is 5.21. The van der Waals surface area contributed by atoms with Crippen molar-refractivity contribution in [3.63, 3.8) is 0 Å². The van der Waals surface area contributed by atoms with Gasteiger partial charge >= 0.3 is 0 Å². The molecule has 36 heavy (non-hydrogen) atoms. The van der Waals surface area contributed by atoms with E-state index in [2.05, 4.69) is 17.3 Å². The minimum absolute atomic E-state index is 0.0185. The van der Waals surface area contributed by atoms with Gasteiger partial charge in [0.05, 0.1) is 16.8 Å². The Hall–Kier alpha value is -3.80. The van der Waals surface area contributed by atoms with Crippen molar-refractivity contribution >= 4 is 17.3 Å². The Morgan fingerprint density at radius 1 is 0.944 bits per heavy atom. The molecule has 1 atom stereocenters. The van der Waals surface area contributed by atoms with Crippen LogP contribution in [-0.2, 0) is 24.1 Å². The normalized spacial score (nSPS) is 20.4. The summed E-state index contributed by atoms with van der Waals surface area (Å²) in [4.78, 5) is 30.5. The lowest BCUT2D eigenvalue weighted by molar-refractivity contribution is -0.116. The summed E-state index contributed by atoms with van der Waals surface area (Å²) in [7, 11) is 0. The zero-order valence-corrected chi connectivity index (χ0v) is 20.3. The van der Waals surface area contributed by atoms with Crippen LogP contribution in [0.25, 0.3) is 0 Å². The molecule has 0 aliphatic heterocycles. The van der Waals surface area contributed by atoms with Gasteiger partial charge in [0, 0.05) is 44.4 Å². The number of aliphatic hydroxyl groups is 1. The van der Waals surface area contributed by atoms with Crippen molar-refractivity contribution in [1.82, 2.24) is 5.16 Å². The number of ketones is 2. The topological polar surface area (TPSA) is 92.8 Å². The lowest BCUT2D eigenvalue weighted by Gasteiger charge is -2.26. The van der Waals surface area contributed by atoms with Gasteiger partial charge in [0.2, 0.25) is 0 Å². The third kappa shape index (κ3) is 5.23. The predicted octanol–water partition coefficient (Wildman–Crippen LogP) is 5.77. The zero-order chi connectivity index (χ0) is 24.9. The molecule has 1 saturated carbocycles. The Bertz CT molecular complexity index is 1310. The van der Waals surface area contributed by atoms with E-state index in [4.69, 9.17) is 9.52 Å². The van der Waals surface area contributed by atoms with Crippen LogP contribution >= 0.6 is 0 Å². The van der Waals surface area contributed by atoms with Crippen molar-refractivity contribution < 1.29 is 19.2 Å². The quantitative estimate of drug-likeness (QED) is 0.341. The number of aliphatic hydroxyl groups excluding tert-OH is 1. The number of carbonyl (C=O) groups is 2. The van der Waals surface area contributed by atoms with Crippen molar-refractivity contribution in [2.24, 2.45) is 4.99 Å². The molecular formula is C30H30N2O4. The first-order valence-corrected chi connectivity index (χ1v) is 12.7. The number of benzene rings is 2. The summed E-state index contributed by atoms with van der Waals surface area (Å²) in [5.74, 6) is 0.637. The fraction of sp³-hybridized carbons (Fsp3) is 0.333. The maximum Gasteiger partial charge on any atom is 0.168 e. The molecular weight excluding hydrogens is 452 g/mol. The first-order valence-electron chi connectivity index (χ1n) is 12.7. The molecule has 0 amide bonds. The Morgan fingerprint density at radius 2 is 1.69 bits per heavy atom. The van der Waals surface area contributed by atoms with Crippen molar-refractivity contribution in [2.45, 2.75) is 57.3 Å². The number of aryl methyl sites for hydroxylation is 2. The first kappa shape index (κ1) is 23.9. The maximum atomic E-state index is 13.3. The third-order valence-electron chi connectivity index (χ3n) is 7.06. The average molecular weight is 483 g/mol. The SMILES string of the molecule is O=C1CC(c2ccccc2)CC(=NCCc2ccccc2)/C1=C(\O)CCc1noc2c1C(=O)CCC2. The molecule has 0 saturated heterocycles. The van der Waals surface area contributed by atoms with Crippen LogP contribution in [0.4, 0.5) is 0 Å². The second kappa shape index (κ2) is 10.9. The van der Waals surface area contributed by atoms with E-state index in [9.17, 15) is 14.7 Å². The number of Topliss-reactive ketones (excluding diaryl/α,β-unsaturated/α-hetero) is 2. The molecule has 1 aromatic heterocycles. The van der Waals surface area contributed by atoms with Gasteiger partial charge in [-0.1, -0.05) is 65.8 Å². The van der Waals surface area contributed by atoms with E-state index < -0.39 is 0 Å². The second-order valence-electron chi connectivity index (χ2n) is 9.53. The van der Waals surface area contributed by atoms with Gasteiger partial charge < -0.3 is 9.63 Å². The van der Waals surface area contributed by atoms with Gasteiger partial charge in [-0.2, -0.15) is 0 Å². The second-order valence-corrected chi connectivity index (χ2v) is 9.53. The first-order chi connectivity index (χ1) is 17.6. The van der Waals surface area contributed by atoms with Crippen LogP contribution in [0.1, 0.15) is 71.0 Å². The number of aliphatic imine (C=N–C) groups is 1. The van der Waals surface area contributed by atoms with Gasteiger partial charge in [-0.15, -0.1) is 0 Å². The van der Waals surface area contributed by atoms with E-state index >= 15 is 0 Å². The fourth-order valence-electron chi connectivity index (χ4n) is 5.21. The third-order valence-corrected chi connectivity index (χ3v) is 7.06. The number of fused-ring (bicyclic) bond motifs is 1. The van der Waals surface area contributed by atoms with Gasteiger partial charge in [-0.3, -0.25) is 14.6 Å². The molecule has 6 heteroatoms. The lowest BCUT2D eigenvalue weighted by Crippen LogP contribution is -2.27.